The van der Waals surface area contributed by atoms with Crippen molar-refractivity contribution in [3.05, 3.63) is 64.0 Å². The number of ether oxygens (including phenoxy) is 1. The molecule has 0 spiro atoms. The lowest BCUT2D eigenvalue weighted by Gasteiger charge is -2.14. The van der Waals surface area contributed by atoms with Gasteiger partial charge in [-0.15, -0.1) is 11.3 Å². The van der Waals surface area contributed by atoms with E-state index < -0.39 is 0 Å². The molecule has 6 heteroatoms. The van der Waals surface area contributed by atoms with Crippen molar-refractivity contribution in [2.45, 2.75) is 13.5 Å². The van der Waals surface area contributed by atoms with Gasteiger partial charge in [0, 0.05) is 26.2 Å². The van der Waals surface area contributed by atoms with Gasteiger partial charge >= 0.3 is 0 Å². The molecule has 0 saturated heterocycles. The summed E-state index contributed by atoms with van der Waals surface area (Å²) in [6.45, 7) is 2.52. The SMILES string of the molecule is COc1ccc(-c2c(C)sc(N3Cc4ccc([SiH3])cc4C3=O)c2C#N)cc1. The summed E-state index contributed by atoms with van der Waals surface area (Å²) in [6, 6.07) is 16.1. The number of nitriles is 1. The molecule has 3 aromatic rings. The highest BCUT2D eigenvalue weighted by atomic mass is 32.1. The minimum atomic E-state index is -0.0123. The summed E-state index contributed by atoms with van der Waals surface area (Å²) in [4.78, 5) is 15.8. The lowest BCUT2D eigenvalue weighted by Crippen LogP contribution is -2.23. The minimum absolute atomic E-state index is 0.0123. The lowest BCUT2D eigenvalue weighted by atomic mass is 10.0. The van der Waals surface area contributed by atoms with Crippen molar-refractivity contribution in [1.29, 1.82) is 5.26 Å². The Hall–Kier alpha value is -2.88. The third-order valence-corrected chi connectivity index (χ3v) is 6.62. The Morgan fingerprint density at radius 1 is 1.22 bits per heavy atom. The molecule has 1 amide bonds. The lowest BCUT2D eigenvalue weighted by molar-refractivity contribution is 0.0997. The van der Waals surface area contributed by atoms with Crippen LogP contribution in [0.3, 0.4) is 0 Å². The number of hydrogen-bond donors (Lipinski definition) is 0. The second kappa shape index (κ2) is 6.69. The molecule has 2 aromatic carbocycles. The number of anilines is 1. The molecule has 1 aliphatic heterocycles. The molecular weight excluding hydrogens is 372 g/mol. The van der Waals surface area contributed by atoms with Crippen LogP contribution in [0.15, 0.2) is 42.5 Å². The van der Waals surface area contributed by atoms with Crippen LogP contribution in [0.4, 0.5) is 5.00 Å². The van der Waals surface area contributed by atoms with Gasteiger partial charge < -0.3 is 4.74 Å². The van der Waals surface area contributed by atoms with Gasteiger partial charge in [0.2, 0.25) is 0 Å². The first kappa shape index (κ1) is 17.5. The number of amides is 1. The standard InChI is InChI=1S/C21H18N2O2SSi/c1-12-19(13-3-6-15(25-2)7-4-13)18(10-22)21(26-12)23-11-14-5-8-16(27)9-17(14)20(23)24/h3-9H,11H2,1-2,27H3. The van der Waals surface area contributed by atoms with Gasteiger partial charge in [0.15, 0.2) is 0 Å². The van der Waals surface area contributed by atoms with E-state index in [1.807, 2.05) is 43.3 Å². The Labute approximate surface area is 165 Å². The Bertz CT molecular complexity index is 1100. The van der Waals surface area contributed by atoms with Crippen molar-refractivity contribution in [3.63, 3.8) is 0 Å². The zero-order valence-electron chi connectivity index (χ0n) is 15.4. The van der Waals surface area contributed by atoms with Crippen molar-refractivity contribution in [2.24, 2.45) is 0 Å². The van der Waals surface area contributed by atoms with Crippen LogP contribution < -0.4 is 14.8 Å². The third kappa shape index (κ3) is 2.85. The Morgan fingerprint density at radius 3 is 2.63 bits per heavy atom. The number of hydrogen-bond acceptors (Lipinski definition) is 4. The number of fused-ring (bicyclic) bond motifs is 1. The normalized spacial score (nSPS) is 12.9. The average molecular weight is 391 g/mol. The van der Waals surface area contributed by atoms with Gasteiger partial charge in [-0.25, -0.2) is 0 Å². The monoisotopic (exact) mass is 390 g/mol. The van der Waals surface area contributed by atoms with Gasteiger partial charge in [0.05, 0.1) is 19.2 Å². The molecule has 2 heterocycles. The molecule has 0 radical (unpaired) electrons. The fourth-order valence-electron chi connectivity index (χ4n) is 3.51. The van der Waals surface area contributed by atoms with Crippen LogP contribution in [0.1, 0.15) is 26.4 Å². The molecule has 4 nitrogen and oxygen atoms in total. The first-order chi connectivity index (χ1) is 13.0. The van der Waals surface area contributed by atoms with Crippen molar-refractivity contribution < 1.29 is 9.53 Å². The number of aryl methyl sites for hydroxylation is 1. The number of methoxy groups -OCH3 is 1. The van der Waals surface area contributed by atoms with E-state index in [-0.39, 0.29) is 5.91 Å². The molecule has 0 bridgehead atoms. The van der Waals surface area contributed by atoms with E-state index in [4.69, 9.17) is 4.74 Å². The average Bonchev–Trinajstić information content (AvgIpc) is 3.18. The van der Waals surface area contributed by atoms with Crippen LogP contribution in [0.25, 0.3) is 11.1 Å². The van der Waals surface area contributed by atoms with E-state index in [2.05, 4.69) is 12.1 Å². The quantitative estimate of drug-likeness (QED) is 0.646. The number of carbonyl (C=O) groups is 1. The summed E-state index contributed by atoms with van der Waals surface area (Å²) in [7, 11) is 2.54. The number of thiophene rings is 1. The molecule has 134 valence electrons. The molecule has 0 saturated carbocycles. The van der Waals surface area contributed by atoms with Crippen LogP contribution in [0.2, 0.25) is 0 Å². The summed E-state index contributed by atoms with van der Waals surface area (Å²) in [5.74, 6) is 0.760. The molecule has 0 aliphatic carbocycles. The Kier molecular flexibility index (Phi) is 4.34. The summed E-state index contributed by atoms with van der Waals surface area (Å²) in [5.41, 5.74) is 4.21. The molecule has 4 rings (SSSR count). The number of rotatable bonds is 3. The molecule has 0 unspecified atom stereocenters. The second-order valence-corrected chi connectivity index (χ2v) is 8.96. The van der Waals surface area contributed by atoms with Gasteiger partial charge in [0.1, 0.15) is 16.8 Å². The minimum Gasteiger partial charge on any atom is -0.497 e. The Morgan fingerprint density at radius 2 is 1.96 bits per heavy atom. The molecule has 0 fully saturated rings. The zero-order chi connectivity index (χ0) is 19.1. The first-order valence-corrected chi connectivity index (χ1v) is 10.4. The second-order valence-electron chi connectivity index (χ2n) is 6.61. The van der Waals surface area contributed by atoms with Gasteiger partial charge in [0.25, 0.3) is 5.91 Å². The molecular formula is C21H18N2O2SSi. The molecule has 27 heavy (non-hydrogen) atoms. The van der Waals surface area contributed by atoms with Crippen molar-refractivity contribution in [3.8, 4) is 22.9 Å². The van der Waals surface area contributed by atoms with Crippen molar-refractivity contribution in [1.82, 2.24) is 0 Å². The van der Waals surface area contributed by atoms with Crippen LogP contribution in [0.5, 0.6) is 5.75 Å². The maximum atomic E-state index is 13.0. The number of nitrogens with zero attached hydrogens (tertiary/aromatic N) is 2. The zero-order valence-corrected chi connectivity index (χ0v) is 18.2. The predicted molar refractivity (Wildman–Crippen MR) is 112 cm³/mol. The van der Waals surface area contributed by atoms with E-state index in [1.54, 1.807) is 12.0 Å². The molecule has 0 N–H and O–H groups in total. The van der Waals surface area contributed by atoms with Crippen LogP contribution in [-0.2, 0) is 6.54 Å². The predicted octanol–water partition coefficient (Wildman–Crippen LogP) is 2.75. The number of carbonyl (C=O) groups excluding carboxylic acids is 1. The maximum absolute atomic E-state index is 13.0. The van der Waals surface area contributed by atoms with Crippen LogP contribution in [0, 0.1) is 18.3 Å². The van der Waals surface area contributed by atoms with Gasteiger partial charge in [-0.1, -0.05) is 35.5 Å². The van der Waals surface area contributed by atoms with Gasteiger partial charge in [-0.2, -0.15) is 5.26 Å². The highest BCUT2D eigenvalue weighted by molar-refractivity contribution is 7.17. The van der Waals surface area contributed by atoms with Gasteiger partial charge in [-0.3, -0.25) is 9.69 Å². The summed E-state index contributed by atoms with van der Waals surface area (Å²) >= 11 is 1.51. The van der Waals surface area contributed by atoms with Crippen LogP contribution >= 0.6 is 11.3 Å². The van der Waals surface area contributed by atoms with E-state index in [0.29, 0.717) is 12.1 Å². The van der Waals surface area contributed by atoms with E-state index in [9.17, 15) is 10.1 Å². The Balaban J connectivity index is 1.79. The summed E-state index contributed by atoms with van der Waals surface area (Å²) in [5, 5.41) is 11.8. The summed E-state index contributed by atoms with van der Waals surface area (Å²) in [6.07, 6.45) is 0. The van der Waals surface area contributed by atoms with E-state index in [1.165, 1.54) is 16.5 Å². The topological polar surface area (TPSA) is 53.3 Å². The fourth-order valence-corrected chi connectivity index (χ4v) is 5.08. The highest BCUT2D eigenvalue weighted by Gasteiger charge is 2.32. The largest absolute Gasteiger partial charge is 0.497 e. The van der Waals surface area contributed by atoms with Gasteiger partial charge in [-0.05, 0) is 30.2 Å². The maximum Gasteiger partial charge on any atom is 0.259 e. The summed E-state index contributed by atoms with van der Waals surface area (Å²) < 4.78 is 5.23. The fraction of sp³-hybridized carbons (Fsp3) is 0.143. The van der Waals surface area contributed by atoms with Crippen LogP contribution in [-0.4, -0.2) is 23.3 Å². The molecule has 1 aromatic heterocycles. The van der Waals surface area contributed by atoms with E-state index >= 15 is 0 Å². The smallest absolute Gasteiger partial charge is 0.259 e. The van der Waals surface area contributed by atoms with E-state index in [0.717, 1.165) is 48.1 Å². The third-order valence-electron chi connectivity index (χ3n) is 4.87. The molecule has 0 atom stereocenters. The van der Waals surface area contributed by atoms with Crippen molar-refractivity contribution >= 4 is 37.7 Å². The number of benzene rings is 2. The highest BCUT2D eigenvalue weighted by Crippen LogP contribution is 2.43. The van der Waals surface area contributed by atoms with Crippen molar-refractivity contribution in [2.75, 3.05) is 12.0 Å². The molecule has 1 aliphatic rings. The first-order valence-electron chi connectivity index (χ1n) is 8.62.